The van der Waals surface area contributed by atoms with Crippen molar-refractivity contribution in [1.29, 1.82) is 0 Å². The molecule has 10 nitrogen and oxygen atoms in total. The summed E-state index contributed by atoms with van der Waals surface area (Å²) in [6.07, 6.45) is -0.0524. The molecule has 2 aliphatic rings. The van der Waals surface area contributed by atoms with E-state index in [1.807, 2.05) is 30.3 Å². The van der Waals surface area contributed by atoms with Crippen LogP contribution in [-0.4, -0.2) is 55.3 Å². The largest absolute Gasteiger partial charge is 0.497 e. The number of nitrogens with zero attached hydrogens (tertiary/aromatic N) is 2. The summed E-state index contributed by atoms with van der Waals surface area (Å²) in [5, 5.41) is 2.68. The average Bonchev–Trinajstić information content (AvgIpc) is 3.53. The number of ether oxygens (including phenoxy) is 5. The SMILES string of the molecule is COc1ccc(N=C2S[C@@H](CC(=O)Nc3cc(OC)ccc3OC)C(=O)N2Cc2ccc3c(c2)OCO3)cc1. The van der Waals surface area contributed by atoms with Crippen LogP contribution in [0.3, 0.4) is 0 Å². The van der Waals surface area contributed by atoms with Gasteiger partial charge in [-0.1, -0.05) is 17.8 Å². The van der Waals surface area contributed by atoms with Crippen LogP contribution in [0.2, 0.25) is 0 Å². The van der Waals surface area contributed by atoms with Crippen molar-refractivity contribution in [2.75, 3.05) is 33.4 Å². The van der Waals surface area contributed by atoms with Crippen LogP contribution in [0.15, 0.2) is 65.7 Å². The molecule has 0 aliphatic carbocycles. The predicted molar refractivity (Wildman–Crippen MR) is 147 cm³/mol. The van der Waals surface area contributed by atoms with E-state index < -0.39 is 5.25 Å². The Kier molecular flexibility index (Phi) is 7.78. The fourth-order valence-corrected chi connectivity index (χ4v) is 5.30. The number of carbonyl (C=O) groups is 2. The molecule has 0 unspecified atom stereocenters. The van der Waals surface area contributed by atoms with Crippen molar-refractivity contribution in [2.45, 2.75) is 18.2 Å². The fraction of sp³-hybridized carbons (Fsp3) is 0.250. The quantitative estimate of drug-likeness (QED) is 0.413. The number of amides is 2. The van der Waals surface area contributed by atoms with Gasteiger partial charge in [0.15, 0.2) is 16.7 Å². The van der Waals surface area contributed by atoms with Gasteiger partial charge in [-0.3, -0.25) is 14.5 Å². The molecular formula is C28H27N3O7S. The molecule has 1 saturated heterocycles. The van der Waals surface area contributed by atoms with Gasteiger partial charge in [0.2, 0.25) is 18.6 Å². The minimum Gasteiger partial charge on any atom is -0.497 e. The highest BCUT2D eigenvalue weighted by Crippen LogP contribution is 2.37. The standard InChI is InChI=1S/C28H27N3O7S/c1-34-19-7-5-18(6-8-19)29-28-31(15-17-4-10-23-24(12-17)38-16-37-23)27(33)25(39-28)14-26(32)30-21-13-20(35-2)9-11-22(21)36-3/h4-13,25H,14-16H2,1-3H3,(H,30,32)/t25-/m0/s1. The number of rotatable bonds is 9. The summed E-state index contributed by atoms with van der Waals surface area (Å²) < 4.78 is 26.7. The van der Waals surface area contributed by atoms with Gasteiger partial charge in [-0.15, -0.1) is 0 Å². The monoisotopic (exact) mass is 549 g/mol. The molecule has 202 valence electrons. The Labute approximate surface area is 229 Å². The van der Waals surface area contributed by atoms with E-state index in [0.717, 1.165) is 5.56 Å². The van der Waals surface area contributed by atoms with E-state index >= 15 is 0 Å². The van der Waals surface area contributed by atoms with Gasteiger partial charge < -0.3 is 29.0 Å². The highest BCUT2D eigenvalue weighted by Gasteiger charge is 2.39. The number of thioether (sulfide) groups is 1. The molecule has 1 atom stereocenters. The Bertz CT molecular complexity index is 1410. The van der Waals surface area contributed by atoms with Crippen molar-refractivity contribution in [1.82, 2.24) is 4.90 Å². The maximum absolute atomic E-state index is 13.6. The molecular weight excluding hydrogens is 522 g/mol. The molecule has 39 heavy (non-hydrogen) atoms. The Morgan fingerprint density at radius 3 is 2.46 bits per heavy atom. The summed E-state index contributed by atoms with van der Waals surface area (Å²) in [4.78, 5) is 32.9. The number of amidine groups is 1. The molecule has 0 spiro atoms. The van der Waals surface area contributed by atoms with E-state index in [4.69, 9.17) is 28.7 Å². The van der Waals surface area contributed by atoms with Crippen LogP contribution in [0.1, 0.15) is 12.0 Å². The van der Waals surface area contributed by atoms with Gasteiger partial charge in [0.05, 0.1) is 39.2 Å². The lowest BCUT2D eigenvalue weighted by Crippen LogP contribution is -2.33. The lowest BCUT2D eigenvalue weighted by Gasteiger charge is -2.17. The Hall–Kier alpha value is -4.38. The third-order valence-corrected chi connectivity index (χ3v) is 7.32. The molecule has 0 bridgehead atoms. The molecule has 1 fully saturated rings. The predicted octanol–water partition coefficient (Wildman–Crippen LogP) is 4.60. The summed E-state index contributed by atoms with van der Waals surface area (Å²) in [7, 11) is 4.65. The van der Waals surface area contributed by atoms with Crippen LogP contribution in [0.5, 0.6) is 28.7 Å². The minimum atomic E-state index is -0.660. The zero-order chi connectivity index (χ0) is 27.4. The van der Waals surface area contributed by atoms with E-state index in [1.54, 1.807) is 49.5 Å². The Morgan fingerprint density at radius 2 is 1.72 bits per heavy atom. The molecule has 2 aliphatic heterocycles. The molecule has 1 N–H and O–H groups in total. The van der Waals surface area contributed by atoms with Crippen molar-refractivity contribution in [3.63, 3.8) is 0 Å². The van der Waals surface area contributed by atoms with Gasteiger partial charge in [0, 0.05) is 12.5 Å². The molecule has 3 aromatic rings. The third-order valence-electron chi connectivity index (χ3n) is 6.15. The maximum atomic E-state index is 13.6. The number of aliphatic imine (C=N–C) groups is 1. The zero-order valence-electron chi connectivity index (χ0n) is 21.6. The zero-order valence-corrected chi connectivity index (χ0v) is 22.4. The van der Waals surface area contributed by atoms with Crippen LogP contribution >= 0.6 is 11.8 Å². The molecule has 11 heteroatoms. The number of hydrogen-bond donors (Lipinski definition) is 1. The first-order valence-electron chi connectivity index (χ1n) is 12.1. The van der Waals surface area contributed by atoms with E-state index in [9.17, 15) is 9.59 Å². The number of hydrogen-bond acceptors (Lipinski definition) is 9. The minimum absolute atomic E-state index is 0.0524. The van der Waals surface area contributed by atoms with E-state index in [0.29, 0.717) is 45.3 Å². The van der Waals surface area contributed by atoms with Crippen LogP contribution < -0.4 is 29.0 Å². The number of nitrogens with one attached hydrogen (secondary N) is 1. The van der Waals surface area contributed by atoms with Gasteiger partial charge in [0.1, 0.15) is 22.5 Å². The maximum Gasteiger partial charge on any atom is 0.242 e. The molecule has 2 heterocycles. The van der Waals surface area contributed by atoms with Gasteiger partial charge in [-0.25, -0.2) is 4.99 Å². The summed E-state index contributed by atoms with van der Waals surface area (Å²) in [6.45, 7) is 0.427. The number of fused-ring (bicyclic) bond motifs is 1. The van der Waals surface area contributed by atoms with Crippen molar-refractivity contribution in [2.24, 2.45) is 4.99 Å². The molecule has 3 aromatic carbocycles. The molecule has 0 aromatic heterocycles. The second-order valence-corrected chi connectivity index (χ2v) is 9.80. The second-order valence-electron chi connectivity index (χ2n) is 8.63. The first kappa shape index (κ1) is 26.2. The molecule has 5 rings (SSSR count). The summed E-state index contributed by atoms with van der Waals surface area (Å²) in [5.74, 6) is 2.51. The van der Waals surface area contributed by atoms with Crippen LogP contribution in [0.4, 0.5) is 11.4 Å². The van der Waals surface area contributed by atoms with E-state index in [-0.39, 0.29) is 31.6 Å². The number of benzene rings is 3. The number of methoxy groups -OCH3 is 3. The lowest BCUT2D eigenvalue weighted by molar-refractivity contribution is -0.128. The van der Waals surface area contributed by atoms with E-state index in [2.05, 4.69) is 5.32 Å². The summed E-state index contributed by atoms with van der Waals surface area (Å²) in [6, 6.07) is 17.9. The second kappa shape index (κ2) is 11.6. The smallest absolute Gasteiger partial charge is 0.242 e. The van der Waals surface area contributed by atoms with Crippen LogP contribution in [-0.2, 0) is 16.1 Å². The van der Waals surface area contributed by atoms with Gasteiger partial charge in [0.25, 0.3) is 0 Å². The number of carbonyl (C=O) groups excluding carboxylic acids is 2. The Morgan fingerprint density at radius 1 is 0.974 bits per heavy atom. The van der Waals surface area contributed by atoms with Gasteiger partial charge >= 0.3 is 0 Å². The summed E-state index contributed by atoms with van der Waals surface area (Å²) in [5.41, 5.74) is 1.97. The number of anilines is 1. The van der Waals surface area contributed by atoms with Crippen molar-refractivity contribution >= 4 is 40.1 Å². The van der Waals surface area contributed by atoms with Crippen molar-refractivity contribution in [3.8, 4) is 28.7 Å². The first-order valence-corrected chi connectivity index (χ1v) is 13.0. The molecule has 0 radical (unpaired) electrons. The van der Waals surface area contributed by atoms with Gasteiger partial charge in [-0.2, -0.15) is 0 Å². The average molecular weight is 550 g/mol. The third kappa shape index (κ3) is 5.88. The van der Waals surface area contributed by atoms with Gasteiger partial charge in [-0.05, 0) is 54.1 Å². The lowest BCUT2D eigenvalue weighted by atomic mass is 10.1. The van der Waals surface area contributed by atoms with Crippen molar-refractivity contribution in [3.05, 3.63) is 66.2 Å². The fourth-order valence-electron chi connectivity index (χ4n) is 4.14. The normalized spacial score (nSPS) is 16.9. The Balaban J connectivity index is 1.37. The summed E-state index contributed by atoms with van der Waals surface area (Å²) >= 11 is 1.26. The first-order chi connectivity index (χ1) is 19.0. The molecule has 0 saturated carbocycles. The topological polar surface area (TPSA) is 108 Å². The highest BCUT2D eigenvalue weighted by molar-refractivity contribution is 8.15. The van der Waals surface area contributed by atoms with E-state index in [1.165, 1.54) is 18.9 Å². The molecule has 2 amide bonds. The van der Waals surface area contributed by atoms with Crippen molar-refractivity contribution < 1.29 is 33.3 Å². The van der Waals surface area contributed by atoms with Crippen LogP contribution in [0, 0.1) is 0 Å². The highest BCUT2D eigenvalue weighted by atomic mass is 32.2. The van der Waals surface area contributed by atoms with Crippen LogP contribution in [0.25, 0.3) is 0 Å².